The number of methoxy groups -OCH3 is 1. The zero-order chi connectivity index (χ0) is 22.4. The molecule has 1 amide bonds. The van der Waals surface area contributed by atoms with Gasteiger partial charge in [-0.1, -0.05) is 0 Å². The van der Waals surface area contributed by atoms with E-state index >= 15 is 0 Å². The van der Waals surface area contributed by atoms with Gasteiger partial charge in [0.05, 0.1) is 28.7 Å². The molecule has 0 fully saturated rings. The van der Waals surface area contributed by atoms with Gasteiger partial charge < -0.3 is 10.5 Å². The number of rotatable bonds is 4. The monoisotopic (exact) mass is 442 g/mol. The molecule has 0 spiro atoms. The van der Waals surface area contributed by atoms with Crippen molar-refractivity contribution in [3.63, 3.8) is 0 Å². The molecule has 0 aromatic heterocycles. The first-order valence-corrected chi connectivity index (χ1v) is 8.95. The van der Waals surface area contributed by atoms with Crippen LogP contribution in [0.4, 0.5) is 26.3 Å². The number of hydrogen-bond acceptors (Lipinski definition) is 4. The molecule has 4 N–H and O–H groups in total. The Bertz CT molecular complexity index is 1050. The molecule has 0 unspecified atom stereocenters. The number of primary sulfonamides is 1. The third-order valence-electron chi connectivity index (χ3n) is 3.76. The van der Waals surface area contributed by atoms with Gasteiger partial charge in [-0.2, -0.15) is 26.3 Å². The van der Waals surface area contributed by atoms with Crippen LogP contribution in [0.5, 0.6) is 5.75 Å². The predicted octanol–water partition coefficient (Wildman–Crippen LogP) is 3.15. The van der Waals surface area contributed by atoms with Gasteiger partial charge in [0.15, 0.2) is 0 Å². The molecule has 0 saturated carbocycles. The molecule has 0 aliphatic heterocycles. The van der Waals surface area contributed by atoms with Crippen LogP contribution >= 0.6 is 0 Å². The molecule has 0 radical (unpaired) electrons. The quantitative estimate of drug-likeness (QED) is 0.709. The van der Waals surface area contributed by atoms with Crippen LogP contribution in [0, 0.1) is 0 Å². The van der Waals surface area contributed by atoms with E-state index in [1.54, 1.807) is 0 Å². The number of primary amides is 1. The van der Waals surface area contributed by atoms with Crippen molar-refractivity contribution in [1.29, 1.82) is 0 Å². The minimum atomic E-state index is -5.15. The molecule has 2 aromatic rings. The average Bonchev–Trinajstić information content (AvgIpc) is 2.57. The van der Waals surface area contributed by atoms with Crippen LogP contribution in [0.1, 0.15) is 21.5 Å². The maximum atomic E-state index is 13.1. The highest BCUT2D eigenvalue weighted by Gasteiger charge is 2.37. The molecule has 29 heavy (non-hydrogen) atoms. The predicted molar refractivity (Wildman–Crippen MR) is 88.3 cm³/mol. The van der Waals surface area contributed by atoms with E-state index in [4.69, 9.17) is 15.6 Å². The Hall–Kier alpha value is -2.80. The minimum absolute atomic E-state index is 0.103. The van der Waals surface area contributed by atoms with E-state index in [0.29, 0.717) is 24.3 Å². The summed E-state index contributed by atoms with van der Waals surface area (Å²) in [5.74, 6) is -1.76. The van der Waals surface area contributed by atoms with Crippen LogP contribution in [0.2, 0.25) is 0 Å². The van der Waals surface area contributed by atoms with E-state index in [1.165, 1.54) is 0 Å². The molecule has 0 atom stereocenters. The van der Waals surface area contributed by atoms with Gasteiger partial charge in [-0.15, -0.1) is 0 Å². The van der Waals surface area contributed by atoms with Gasteiger partial charge >= 0.3 is 12.4 Å². The molecule has 2 aromatic carbocycles. The summed E-state index contributed by atoms with van der Waals surface area (Å²) in [6.45, 7) is 0. The van der Waals surface area contributed by atoms with Crippen molar-refractivity contribution in [3.05, 3.63) is 47.0 Å². The summed E-state index contributed by atoms with van der Waals surface area (Å²) < 4.78 is 107. The van der Waals surface area contributed by atoms with Crippen LogP contribution in [-0.4, -0.2) is 21.4 Å². The van der Waals surface area contributed by atoms with Crippen molar-refractivity contribution < 1.29 is 44.3 Å². The number of amides is 1. The molecule has 158 valence electrons. The fourth-order valence-electron chi connectivity index (χ4n) is 2.49. The normalized spacial score (nSPS) is 12.7. The van der Waals surface area contributed by atoms with Gasteiger partial charge in [0, 0.05) is 5.56 Å². The third kappa shape index (κ3) is 4.79. The summed E-state index contributed by atoms with van der Waals surface area (Å²) in [6, 6.07) is 2.00. The van der Waals surface area contributed by atoms with Crippen molar-refractivity contribution in [2.24, 2.45) is 10.9 Å². The van der Waals surface area contributed by atoms with Gasteiger partial charge in [-0.25, -0.2) is 13.6 Å². The van der Waals surface area contributed by atoms with Gasteiger partial charge in [0.25, 0.3) is 5.91 Å². The SMILES string of the molecule is COc1c(C(N)=O)cc(S(N)(=O)=O)cc1-c1cc(C(F)(F)F)cc(C(F)(F)F)c1. The summed E-state index contributed by atoms with van der Waals surface area (Å²) >= 11 is 0. The first-order valence-electron chi connectivity index (χ1n) is 7.40. The fraction of sp³-hybridized carbons (Fsp3) is 0.188. The second-order valence-electron chi connectivity index (χ2n) is 5.76. The van der Waals surface area contributed by atoms with Crippen molar-refractivity contribution in [1.82, 2.24) is 0 Å². The Labute approximate surface area is 160 Å². The highest BCUT2D eigenvalue weighted by atomic mass is 32.2. The van der Waals surface area contributed by atoms with Gasteiger partial charge in [0.1, 0.15) is 5.75 Å². The lowest BCUT2D eigenvalue weighted by Gasteiger charge is -2.18. The van der Waals surface area contributed by atoms with Crippen molar-refractivity contribution in [3.8, 4) is 16.9 Å². The Kier molecular flexibility index (Phi) is 5.60. The first-order chi connectivity index (χ1) is 13.1. The Balaban J connectivity index is 2.99. The second kappa shape index (κ2) is 7.22. The number of hydrogen-bond donors (Lipinski definition) is 2. The number of carbonyl (C=O) groups excluding carboxylic acids is 1. The lowest BCUT2D eigenvalue weighted by molar-refractivity contribution is -0.143. The zero-order valence-corrected chi connectivity index (χ0v) is 15.2. The Morgan fingerprint density at radius 1 is 0.931 bits per heavy atom. The highest BCUT2D eigenvalue weighted by Crippen LogP contribution is 2.42. The zero-order valence-electron chi connectivity index (χ0n) is 14.4. The van der Waals surface area contributed by atoms with E-state index in [9.17, 15) is 39.6 Å². The van der Waals surface area contributed by atoms with Crippen LogP contribution in [-0.2, 0) is 22.4 Å². The minimum Gasteiger partial charge on any atom is -0.495 e. The molecule has 0 aliphatic rings. The first kappa shape index (κ1) is 22.5. The Morgan fingerprint density at radius 3 is 1.76 bits per heavy atom. The molecule has 6 nitrogen and oxygen atoms in total. The van der Waals surface area contributed by atoms with E-state index < -0.39 is 66.7 Å². The maximum absolute atomic E-state index is 13.1. The summed E-state index contributed by atoms with van der Waals surface area (Å²) in [7, 11) is -3.53. The molecule has 0 heterocycles. The Morgan fingerprint density at radius 2 is 1.41 bits per heavy atom. The van der Waals surface area contributed by atoms with E-state index in [1.807, 2.05) is 0 Å². The van der Waals surface area contributed by atoms with E-state index in [2.05, 4.69) is 0 Å². The largest absolute Gasteiger partial charge is 0.495 e. The number of sulfonamides is 1. The van der Waals surface area contributed by atoms with Crippen LogP contribution in [0.15, 0.2) is 35.2 Å². The summed E-state index contributed by atoms with van der Waals surface area (Å²) in [5.41, 5.74) is -0.0212. The average molecular weight is 442 g/mol. The molecule has 0 aliphatic carbocycles. The molecule has 13 heteroatoms. The maximum Gasteiger partial charge on any atom is 0.416 e. The number of alkyl halides is 6. The molecule has 0 saturated heterocycles. The lowest BCUT2D eigenvalue weighted by Crippen LogP contribution is -2.17. The number of benzene rings is 2. The smallest absolute Gasteiger partial charge is 0.416 e. The van der Waals surface area contributed by atoms with Crippen LogP contribution < -0.4 is 15.6 Å². The van der Waals surface area contributed by atoms with Crippen LogP contribution in [0.3, 0.4) is 0 Å². The standard InChI is InChI=1S/C16H12F6N2O4S/c1-28-13-11(5-10(29(24,26)27)6-12(13)14(23)25)7-2-8(15(17,18)19)4-9(3-7)16(20,21)22/h2-6H,1H3,(H2,23,25)(H2,24,26,27). The summed E-state index contributed by atoms with van der Waals surface area (Å²) in [6.07, 6.45) is -10.3. The van der Waals surface area contributed by atoms with E-state index in [-0.39, 0.29) is 6.07 Å². The summed E-state index contributed by atoms with van der Waals surface area (Å²) in [4.78, 5) is 10.9. The second-order valence-corrected chi connectivity index (χ2v) is 7.32. The van der Waals surface area contributed by atoms with Crippen LogP contribution in [0.25, 0.3) is 11.1 Å². The van der Waals surface area contributed by atoms with Crippen molar-refractivity contribution >= 4 is 15.9 Å². The van der Waals surface area contributed by atoms with Gasteiger partial charge in [-0.05, 0) is 35.9 Å². The fourth-order valence-corrected chi connectivity index (χ4v) is 3.06. The number of carbonyl (C=O) groups is 1. The van der Waals surface area contributed by atoms with Gasteiger partial charge in [-0.3, -0.25) is 4.79 Å². The number of ether oxygens (including phenoxy) is 1. The summed E-state index contributed by atoms with van der Waals surface area (Å²) in [5, 5.41) is 4.98. The number of halogens is 6. The van der Waals surface area contributed by atoms with Crippen molar-refractivity contribution in [2.75, 3.05) is 7.11 Å². The third-order valence-corrected chi connectivity index (χ3v) is 4.65. The molecular weight excluding hydrogens is 430 g/mol. The van der Waals surface area contributed by atoms with E-state index in [0.717, 1.165) is 7.11 Å². The molecule has 0 bridgehead atoms. The van der Waals surface area contributed by atoms with Gasteiger partial charge in [0.2, 0.25) is 10.0 Å². The molecule has 2 rings (SSSR count). The number of nitrogens with two attached hydrogens (primary N) is 2. The molecular formula is C16H12F6N2O4S. The lowest BCUT2D eigenvalue weighted by atomic mass is 9.96. The van der Waals surface area contributed by atoms with Crippen molar-refractivity contribution in [2.45, 2.75) is 17.2 Å². The highest BCUT2D eigenvalue weighted by molar-refractivity contribution is 7.89. The topological polar surface area (TPSA) is 112 Å².